The predicted octanol–water partition coefficient (Wildman–Crippen LogP) is 2.16. The van der Waals surface area contributed by atoms with Gasteiger partial charge in [-0.25, -0.2) is 9.07 Å². The van der Waals surface area contributed by atoms with Crippen LogP contribution in [0.4, 0.5) is 10.1 Å². The van der Waals surface area contributed by atoms with Crippen molar-refractivity contribution in [2.45, 2.75) is 32.9 Å². The number of quaternary nitrogens is 1. The van der Waals surface area contributed by atoms with Crippen molar-refractivity contribution in [1.29, 1.82) is 0 Å². The number of nitrogens with one attached hydrogen (secondary N) is 1. The summed E-state index contributed by atoms with van der Waals surface area (Å²) in [5.74, 6) is 1.21. The number of rotatable bonds is 7. The highest BCUT2D eigenvalue weighted by atomic mass is 19.1. The molecule has 0 aliphatic carbocycles. The van der Waals surface area contributed by atoms with E-state index in [2.05, 4.69) is 58.5 Å². The van der Waals surface area contributed by atoms with Crippen molar-refractivity contribution in [3.05, 3.63) is 71.8 Å². The van der Waals surface area contributed by atoms with E-state index in [1.54, 1.807) is 6.07 Å². The molecule has 1 aromatic heterocycles. The Bertz CT molecular complexity index is 934. The molecule has 1 saturated heterocycles. The number of benzene rings is 2. The number of hydrogen-bond acceptors (Lipinski definition) is 4. The van der Waals surface area contributed by atoms with Gasteiger partial charge in [-0.3, -0.25) is 0 Å². The highest BCUT2D eigenvalue weighted by Crippen LogP contribution is 2.20. The molecule has 0 spiro atoms. The van der Waals surface area contributed by atoms with Gasteiger partial charge in [-0.1, -0.05) is 56.3 Å². The third-order valence-electron chi connectivity index (χ3n) is 6.00. The number of aryl methyl sites for hydroxylation is 2. The van der Waals surface area contributed by atoms with Crippen LogP contribution in [0.3, 0.4) is 0 Å². The second-order valence-electron chi connectivity index (χ2n) is 8.31. The minimum atomic E-state index is -0.147. The summed E-state index contributed by atoms with van der Waals surface area (Å²) in [6.07, 6.45) is 0.903. The van der Waals surface area contributed by atoms with Crippen molar-refractivity contribution in [3.8, 4) is 0 Å². The number of nitrogens with zero attached hydrogens (tertiary/aromatic N) is 5. The van der Waals surface area contributed by atoms with Gasteiger partial charge in [0.15, 0.2) is 6.04 Å². The molecule has 1 aliphatic rings. The maximum atomic E-state index is 14.2. The van der Waals surface area contributed by atoms with Gasteiger partial charge < -0.3 is 9.80 Å². The average molecular weight is 410 g/mol. The average Bonchev–Trinajstić information content (AvgIpc) is 3.22. The second kappa shape index (κ2) is 9.34. The number of tetrazole rings is 1. The molecule has 2 aromatic carbocycles. The van der Waals surface area contributed by atoms with E-state index >= 15 is 0 Å². The first kappa shape index (κ1) is 20.5. The van der Waals surface area contributed by atoms with Crippen LogP contribution in [0.25, 0.3) is 0 Å². The number of piperazine rings is 1. The number of para-hydroxylation sites is 1. The maximum absolute atomic E-state index is 14.2. The van der Waals surface area contributed by atoms with Crippen LogP contribution in [0.5, 0.6) is 0 Å². The lowest BCUT2D eigenvalue weighted by Crippen LogP contribution is -3.15. The summed E-state index contributed by atoms with van der Waals surface area (Å²) in [5.41, 5.74) is 1.98. The fraction of sp³-hybridized carbons (Fsp3) is 0.435. The van der Waals surface area contributed by atoms with Gasteiger partial charge in [0, 0.05) is 12.5 Å². The zero-order chi connectivity index (χ0) is 20.9. The topological polar surface area (TPSA) is 51.3 Å². The lowest BCUT2D eigenvalue weighted by atomic mass is 10.0. The monoisotopic (exact) mass is 409 g/mol. The minimum absolute atomic E-state index is 0.147. The van der Waals surface area contributed by atoms with E-state index in [1.165, 1.54) is 16.5 Å². The van der Waals surface area contributed by atoms with E-state index in [1.807, 2.05) is 22.9 Å². The fourth-order valence-electron chi connectivity index (χ4n) is 4.48. The lowest BCUT2D eigenvalue weighted by Gasteiger charge is -2.38. The van der Waals surface area contributed by atoms with Crippen molar-refractivity contribution < 1.29 is 9.29 Å². The van der Waals surface area contributed by atoms with Crippen molar-refractivity contribution >= 4 is 5.69 Å². The zero-order valence-corrected chi connectivity index (χ0v) is 17.7. The summed E-state index contributed by atoms with van der Waals surface area (Å²) in [6.45, 7) is 8.75. The molecule has 1 fully saturated rings. The Balaban J connectivity index is 1.45. The van der Waals surface area contributed by atoms with Crippen LogP contribution in [0, 0.1) is 11.7 Å². The summed E-state index contributed by atoms with van der Waals surface area (Å²) in [4.78, 5) is 3.61. The molecule has 7 heteroatoms. The van der Waals surface area contributed by atoms with Gasteiger partial charge in [-0.15, -0.1) is 5.10 Å². The van der Waals surface area contributed by atoms with E-state index in [4.69, 9.17) is 0 Å². The fourth-order valence-corrected chi connectivity index (χ4v) is 4.48. The van der Waals surface area contributed by atoms with Crippen LogP contribution >= 0.6 is 0 Å². The minimum Gasteiger partial charge on any atom is -0.358 e. The van der Waals surface area contributed by atoms with Crippen LogP contribution in [0.2, 0.25) is 0 Å². The molecular weight excluding hydrogens is 379 g/mol. The predicted molar refractivity (Wildman–Crippen MR) is 115 cm³/mol. The largest absolute Gasteiger partial charge is 0.358 e. The molecule has 2 heterocycles. The quantitative estimate of drug-likeness (QED) is 0.650. The Morgan fingerprint density at radius 2 is 1.70 bits per heavy atom. The number of halogens is 1. The van der Waals surface area contributed by atoms with Crippen molar-refractivity contribution in [2.24, 2.45) is 5.92 Å². The van der Waals surface area contributed by atoms with E-state index in [0.29, 0.717) is 11.6 Å². The normalized spacial score (nSPS) is 16.2. The summed E-state index contributed by atoms with van der Waals surface area (Å²) < 4.78 is 16.1. The maximum Gasteiger partial charge on any atom is 0.209 e. The molecule has 1 aliphatic heterocycles. The molecule has 0 bridgehead atoms. The molecule has 1 atom stereocenters. The van der Waals surface area contributed by atoms with E-state index in [9.17, 15) is 4.39 Å². The van der Waals surface area contributed by atoms with Gasteiger partial charge in [0.05, 0.1) is 31.9 Å². The SMILES string of the molecule is CC(C)[C@H](c1nnnn1CCc1ccccc1)[NH+]1CCN(c2ccccc2F)CC1. The molecule has 3 aromatic rings. The Kier molecular flexibility index (Phi) is 6.38. The van der Waals surface area contributed by atoms with Crippen molar-refractivity contribution in [2.75, 3.05) is 31.1 Å². The second-order valence-corrected chi connectivity index (χ2v) is 8.31. The number of anilines is 1. The summed E-state index contributed by atoms with van der Waals surface area (Å²) >= 11 is 0. The number of hydrogen-bond donors (Lipinski definition) is 1. The number of aromatic nitrogens is 4. The Morgan fingerprint density at radius 3 is 2.40 bits per heavy atom. The molecule has 158 valence electrons. The summed E-state index contributed by atoms with van der Waals surface area (Å²) in [7, 11) is 0. The smallest absolute Gasteiger partial charge is 0.209 e. The van der Waals surface area contributed by atoms with Gasteiger partial charge in [-0.2, -0.15) is 0 Å². The van der Waals surface area contributed by atoms with Gasteiger partial charge in [0.1, 0.15) is 5.82 Å². The van der Waals surface area contributed by atoms with Gasteiger partial charge in [-0.05, 0) is 34.5 Å². The molecule has 4 rings (SSSR count). The molecule has 1 N–H and O–H groups in total. The Labute approximate surface area is 177 Å². The highest BCUT2D eigenvalue weighted by molar-refractivity contribution is 5.47. The van der Waals surface area contributed by atoms with E-state index in [0.717, 1.165) is 45.0 Å². The third-order valence-corrected chi connectivity index (χ3v) is 6.00. The van der Waals surface area contributed by atoms with E-state index in [-0.39, 0.29) is 11.9 Å². The molecule has 0 amide bonds. The molecule has 0 radical (unpaired) electrons. The molecular formula is C23H30FN6+. The van der Waals surface area contributed by atoms with E-state index < -0.39 is 0 Å². The Hall–Kier alpha value is -2.80. The Morgan fingerprint density at radius 1 is 1.00 bits per heavy atom. The van der Waals surface area contributed by atoms with Crippen LogP contribution in [-0.2, 0) is 13.0 Å². The highest BCUT2D eigenvalue weighted by Gasteiger charge is 2.35. The summed E-state index contributed by atoms with van der Waals surface area (Å²) in [6, 6.07) is 17.7. The molecule has 30 heavy (non-hydrogen) atoms. The van der Waals surface area contributed by atoms with Gasteiger partial charge >= 0.3 is 0 Å². The van der Waals surface area contributed by atoms with Crippen LogP contribution in [0.15, 0.2) is 54.6 Å². The first-order chi connectivity index (χ1) is 14.6. The van der Waals surface area contributed by atoms with Crippen molar-refractivity contribution in [1.82, 2.24) is 20.2 Å². The first-order valence-electron chi connectivity index (χ1n) is 10.8. The van der Waals surface area contributed by atoms with Gasteiger partial charge in [0.25, 0.3) is 0 Å². The van der Waals surface area contributed by atoms with Crippen LogP contribution in [0.1, 0.15) is 31.3 Å². The van der Waals surface area contributed by atoms with Crippen LogP contribution < -0.4 is 9.80 Å². The lowest BCUT2D eigenvalue weighted by molar-refractivity contribution is -0.937. The van der Waals surface area contributed by atoms with Crippen LogP contribution in [-0.4, -0.2) is 46.4 Å². The first-order valence-corrected chi connectivity index (χ1v) is 10.8. The standard InChI is InChI=1S/C23H29FN6/c1-18(2)22(23-25-26-27-30(23)13-12-19-8-4-3-5-9-19)29-16-14-28(15-17-29)21-11-7-6-10-20(21)24/h3-11,18,22H,12-17H2,1-2H3/p+1/t22-/m1/s1. The van der Waals surface area contributed by atoms with Crippen molar-refractivity contribution in [3.63, 3.8) is 0 Å². The molecule has 0 saturated carbocycles. The molecule has 0 unspecified atom stereocenters. The zero-order valence-electron chi connectivity index (χ0n) is 17.7. The summed E-state index contributed by atoms with van der Waals surface area (Å²) in [5, 5.41) is 12.7. The van der Waals surface area contributed by atoms with Gasteiger partial charge in [0.2, 0.25) is 5.82 Å². The third kappa shape index (κ3) is 4.51. The molecule has 6 nitrogen and oxygen atoms in total.